The fourth-order valence-corrected chi connectivity index (χ4v) is 5.30. The van der Waals surface area contributed by atoms with E-state index in [9.17, 15) is 0 Å². The highest BCUT2D eigenvalue weighted by molar-refractivity contribution is 8.93. The third kappa shape index (κ3) is 2.16. The van der Waals surface area contributed by atoms with Gasteiger partial charge in [-0.2, -0.15) is 0 Å². The number of methoxy groups -OCH3 is 1. The third-order valence-corrected chi connectivity index (χ3v) is 6.32. The van der Waals surface area contributed by atoms with Crippen molar-refractivity contribution in [3.8, 4) is 5.75 Å². The first-order valence-corrected chi connectivity index (χ1v) is 8.12. The van der Waals surface area contributed by atoms with Gasteiger partial charge in [-0.3, -0.25) is 0 Å². The molecular weight excluding hydrogens is 326 g/mol. The first-order chi connectivity index (χ1) is 9.74. The van der Waals surface area contributed by atoms with Crippen LogP contribution in [0, 0.1) is 5.92 Å². The van der Waals surface area contributed by atoms with Crippen molar-refractivity contribution < 1.29 is 4.74 Å². The lowest BCUT2D eigenvalue weighted by atomic mass is 9.52. The standard InChI is InChI=1S/C18H25NO.BrH/c1-19-10-9-18-8-4-3-5-15(18)17(19)11-13-6-7-14(20-2)12-16(13)18;/h6-7,12,15,17H,3-5,8-11H2,1-2H3;1H/t15-,17-,18-;/m0./s1. The van der Waals surface area contributed by atoms with E-state index in [0.29, 0.717) is 5.41 Å². The average molecular weight is 352 g/mol. The van der Waals surface area contributed by atoms with E-state index >= 15 is 0 Å². The molecular formula is C18H26BrNO. The van der Waals surface area contributed by atoms with Gasteiger partial charge < -0.3 is 9.64 Å². The summed E-state index contributed by atoms with van der Waals surface area (Å²) in [4.78, 5) is 2.63. The second-order valence-electron chi connectivity index (χ2n) is 7.03. The smallest absolute Gasteiger partial charge is 0.119 e. The van der Waals surface area contributed by atoms with Crippen LogP contribution in [0.15, 0.2) is 18.2 Å². The topological polar surface area (TPSA) is 12.5 Å². The molecule has 1 heterocycles. The number of rotatable bonds is 1. The van der Waals surface area contributed by atoms with Gasteiger partial charge in [-0.15, -0.1) is 17.0 Å². The van der Waals surface area contributed by atoms with Crippen molar-refractivity contribution in [1.82, 2.24) is 4.90 Å². The Morgan fingerprint density at radius 1 is 1.24 bits per heavy atom. The Morgan fingerprint density at radius 2 is 2.10 bits per heavy atom. The van der Waals surface area contributed by atoms with Crippen LogP contribution < -0.4 is 4.74 Å². The van der Waals surface area contributed by atoms with Crippen LogP contribution in [0.1, 0.15) is 43.2 Å². The van der Waals surface area contributed by atoms with E-state index in [2.05, 4.69) is 30.1 Å². The van der Waals surface area contributed by atoms with Gasteiger partial charge in [-0.05, 0) is 68.5 Å². The van der Waals surface area contributed by atoms with Crippen molar-refractivity contribution in [2.45, 2.75) is 50.0 Å². The minimum Gasteiger partial charge on any atom is -0.497 e. The number of ether oxygens (including phenoxy) is 1. The predicted molar refractivity (Wildman–Crippen MR) is 91.7 cm³/mol. The molecule has 1 aliphatic heterocycles. The first-order valence-electron chi connectivity index (χ1n) is 8.12. The SMILES string of the molecule is Br.COc1ccc2c(c1)[C@]13CCCC[C@H]1[C@H](C2)N(C)CC3. The highest BCUT2D eigenvalue weighted by atomic mass is 79.9. The Balaban J connectivity index is 0.00000132. The summed E-state index contributed by atoms with van der Waals surface area (Å²) in [5.41, 5.74) is 3.67. The minimum absolute atomic E-state index is 0. The number of benzene rings is 1. The van der Waals surface area contributed by atoms with Gasteiger partial charge in [0, 0.05) is 11.5 Å². The zero-order valence-electron chi connectivity index (χ0n) is 13.1. The number of likely N-dealkylation sites (N-methyl/N-ethyl adjacent to an activating group) is 1. The highest BCUT2D eigenvalue weighted by Gasteiger charge is 2.53. The van der Waals surface area contributed by atoms with E-state index in [0.717, 1.165) is 17.7 Å². The second-order valence-corrected chi connectivity index (χ2v) is 7.03. The summed E-state index contributed by atoms with van der Waals surface area (Å²) in [6.45, 7) is 1.26. The zero-order chi connectivity index (χ0) is 13.7. The lowest BCUT2D eigenvalue weighted by molar-refractivity contribution is 0.00274. The maximum Gasteiger partial charge on any atom is 0.119 e. The van der Waals surface area contributed by atoms with Gasteiger partial charge in [0.25, 0.3) is 0 Å². The molecule has 3 heteroatoms. The molecule has 1 aromatic rings. The van der Waals surface area contributed by atoms with Gasteiger partial charge in [0.05, 0.1) is 7.11 Å². The van der Waals surface area contributed by atoms with Crippen molar-refractivity contribution in [1.29, 1.82) is 0 Å². The van der Waals surface area contributed by atoms with E-state index < -0.39 is 0 Å². The number of nitrogens with zero attached hydrogens (tertiary/aromatic N) is 1. The highest BCUT2D eigenvalue weighted by Crippen LogP contribution is 2.55. The predicted octanol–water partition coefficient (Wildman–Crippen LogP) is 3.96. The largest absolute Gasteiger partial charge is 0.497 e. The lowest BCUT2D eigenvalue weighted by Crippen LogP contribution is -2.59. The normalized spacial score (nSPS) is 34.4. The average Bonchev–Trinajstić information content (AvgIpc) is 2.50. The molecule has 21 heavy (non-hydrogen) atoms. The molecule has 4 rings (SSSR count). The van der Waals surface area contributed by atoms with E-state index in [-0.39, 0.29) is 17.0 Å². The van der Waals surface area contributed by atoms with Gasteiger partial charge in [-0.1, -0.05) is 18.9 Å². The molecule has 116 valence electrons. The van der Waals surface area contributed by atoms with Gasteiger partial charge in [0.15, 0.2) is 0 Å². The first kappa shape index (κ1) is 15.4. The van der Waals surface area contributed by atoms with Crippen molar-refractivity contribution in [2.24, 2.45) is 5.92 Å². The lowest BCUT2D eigenvalue weighted by Gasteiger charge is -2.58. The van der Waals surface area contributed by atoms with Crippen molar-refractivity contribution in [3.63, 3.8) is 0 Å². The maximum absolute atomic E-state index is 5.51. The molecule has 1 saturated heterocycles. The number of likely N-dealkylation sites (tertiary alicyclic amines) is 1. The van der Waals surface area contributed by atoms with E-state index in [4.69, 9.17) is 4.74 Å². The molecule has 0 aromatic heterocycles. The van der Waals surface area contributed by atoms with Gasteiger partial charge >= 0.3 is 0 Å². The molecule has 3 aliphatic rings. The third-order valence-electron chi connectivity index (χ3n) is 6.32. The Kier molecular flexibility index (Phi) is 4.08. The monoisotopic (exact) mass is 351 g/mol. The van der Waals surface area contributed by atoms with Crippen LogP contribution >= 0.6 is 17.0 Å². The molecule has 2 bridgehead atoms. The number of hydrogen-bond donors (Lipinski definition) is 0. The summed E-state index contributed by atoms with van der Waals surface area (Å²) in [7, 11) is 4.12. The van der Waals surface area contributed by atoms with Crippen LogP contribution in [0.3, 0.4) is 0 Å². The van der Waals surface area contributed by atoms with E-state index in [1.165, 1.54) is 45.1 Å². The molecule has 2 fully saturated rings. The Hall–Kier alpha value is -0.540. The van der Waals surface area contributed by atoms with Crippen molar-refractivity contribution in [3.05, 3.63) is 29.3 Å². The quantitative estimate of drug-likeness (QED) is 0.759. The summed E-state index contributed by atoms with van der Waals surface area (Å²) in [6.07, 6.45) is 8.22. The summed E-state index contributed by atoms with van der Waals surface area (Å²) >= 11 is 0. The molecule has 1 saturated carbocycles. The number of halogens is 1. The molecule has 3 atom stereocenters. The van der Waals surface area contributed by atoms with Crippen molar-refractivity contribution in [2.75, 3.05) is 20.7 Å². The molecule has 1 aromatic carbocycles. The maximum atomic E-state index is 5.51. The minimum atomic E-state index is 0. The summed E-state index contributed by atoms with van der Waals surface area (Å²) < 4.78 is 5.51. The van der Waals surface area contributed by atoms with Crippen LogP contribution in [-0.2, 0) is 11.8 Å². The fourth-order valence-electron chi connectivity index (χ4n) is 5.30. The molecule has 0 unspecified atom stereocenters. The molecule has 0 N–H and O–H groups in total. The Labute approximate surface area is 138 Å². The van der Waals surface area contributed by atoms with Crippen LogP contribution in [0.25, 0.3) is 0 Å². The molecule has 2 aliphatic carbocycles. The van der Waals surface area contributed by atoms with Crippen LogP contribution in [0.2, 0.25) is 0 Å². The van der Waals surface area contributed by atoms with Crippen molar-refractivity contribution >= 4 is 17.0 Å². The van der Waals surface area contributed by atoms with Gasteiger partial charge in [0.2, 0.25) is 0 Å². The Bertz CT molecular complexity index is 532. The van der Waals surface area contributed by atoms with Gasteiger partial charge in [-0.25, -0.2) is 0 Å². The number of fused-ring (bicyclic) bond motifs is 1. The number of hydrogen-bond acceptors (Lipinski definition) is 2. The van der Waals surface area contributed by atoms with Crippen LogP contribution in [0.4, 0.5) is 0 Å². The zero-order valence-corrected chi connectivity index (χ0v) is 14.8. The van der Waals surface area contributed by atoms with Crippen LogP contribution in [0.5, 0.6) is 5.75 Å². The fraction of sp³-hybridized carbons (Fsp3) is 0.667. The summed E-state index contributed by atoms with van der Waals surface area (Å²) in [5.74, 6) is 1.91. The van der Waals surface area contributed by atoms with E-state index in [1.807, 2.05) is 0 Å². The Morgan fingerprint density at radius 3 is 2.90 bits per heavy atom. The molecule has 0 radical (unpaired) electrons. The molecule has 0 amide bonds. The summed E-state index contributed by atoms with van der Waals surface area (Å²) in [6, 6.07) is 7.60. The molecule has 0 spiro atoms. The van der Waals surface area contributed by atoms with Crippen LogP contribution in [-0.4, -0.2) is 31.6 Å². The van der Waals surface area contributed by atoms with E-state index in [1.54, 1.807) is 18.2 Å². The van der Waals surface area contributed by atoms with Gasteiger partial charge in [0.1, 0.15) is 5.75 Å². The second kappa shape index (κ2) is 5.58. The molecule has 2 nitrogen and oxygen atoms in total. The number of piperidine rings is 1. The summed E-state index contributed by atoms with van der Waals surface area (Å²) in [5, 5.41) is 0.